The van der Waals surface area contributed by atoms with Crippen molar-refractivity contribution in [1.29, 1.82) is 0 Å². The second-order valence-corrected chi connectivity index (χ2v) is 7.33. The lowest BCUT2D eigenvalue weighted by atomic mass is 10.0. The van der Waals surface area contributed by atoms with Gasteiger partial charge in [-0.1, -0.05) is 0 Å². The van der Waals surface area contributed by atoms with Crippen molar-refractivity contribution >= 4 is 32.4 Å². The van der Waals surface area contributed by atoms with E-state index in [4.69, 9.17) is 20.6 Å². The summed E-state index contributed by atoms with van der Waals surface area (Å²) in [4.78, 5) is 21.4. The Morgan fingerprint density at radius 2 is 1.05 bits per heavy atom. The molecular weight excluding hydrogens is 344 g/mol. The molecule has 0 spiro atoms. The van der Waals surface area contributed by atoms with Crippen LogP contribution in [-0.2, 0) is 30.2 Å². The topological polar surface area (TPSA) is 201 Å². The van der Waals surface area contributed by atoms with Gasteiger partial charge < -0.3 is 11.5 Å². The molecule has 0 aromatic carbocycles. The van der Waals surface area contributed by atoms with E-state index in [1.807, 2.05) is 0 Å². The zero-order valence-electron chi connectivity index (χ0n) is 11.5. The fraction of sp³-hybridized carbons (Fsp3) is 0.750. The standard InChI is InChI=1S/2C4H8N2O4S/c2*1-2-3(5)4(7)6(2)11(8,9)10/h2*2-3H,5H2,1H3,(H,8,9,10)/t2*2-,3-/m00/s1. The van der Waals surface area contributed by atoms with E-state index >= 15 is 0 Å². The van der Waals surface area contributed by atoms with Crippen molar-refractivity contribution in [3.05, 3.63) is 0 Å². The Morgan fingerprint density at radius 3 is 1.14 bits per heavy atom. The van der Waals surface area contributed by atoms with E-state index in [0.29, 0.717) is 8.61 Å². The molecule has 14 heteroatoms. The average Bonchev–Trinajstić information content (AvgIpc) is 2.36. The van der Waals surface area contributed by atoms with Gasteiger partial charge in [0.2, 0.25) is 0 Å². The van der Waals surface area contributed by atoms with Gasteiger partial charge in [-0.05, 0) is 13.8 Å². The molecule has 2 fully saturated rings. The quantitative estimate of drug-likeness (QED) is 0.285. The largest absolute Gasteiger partial charge is 0.362 e. The summed E-state index contributed by atoms with van der Waals surface area (Å²) >= 11 is 0. The van der Waals surface area contributed by atoms with Gasteiger partial charge in [-0.25, -0.2) is 8.61 Å². The Morgan fingerprint density at radius 1 is 0.818 bits per heavy atom. The lowest BCUT2D eigenvalue weighted by Gasteiger charge is -2.39. The summed E-state index contributed by atoms with van der Waals surface area (Å²) in [6.07, 6.45) is 0. The van der Waals surface area contributed by atoms with Crippen LogP contribution in [0, 0.1) is 0 Å². The third kappa shape index (κ3) is 3.21. The Bertz CT molecular complexity index is 629. The van der Waals surface area contributed by atoms with Crippen molar-refractivity contribution in [2.45, 2.75) is 38.0 Å². The molecule has 2 aliphatic rings. The lowest BCUT2D eigenvalue weighted by Crippen LogP contribution is -2.68. The first-order valence-electron chi connectivity index (χ1n) is 5.83. The molecule has 12 nitrogen and oxygen atoms in total. The molecule has 2 amide bonds. The SMILES string of the molecule is C[C@H]1[C@H](N)C(=O)N1S(=O)(=O)O.C[C@H]1[C@H](N)C(=O)N1S(=O)(=O)O. The van der Waals surface area contributed by atoms with Crippen molar-refractivity contribution in [2.24, 2.45) is 11.5 Å². The normalized spacial score (nSPS) is 31.9. The molecule has 0 bridgehead atoms. The second kappa shape index (κ2) is 5.71. The fourth-order valence-corrected chi connectivity index (χ4v) is 3.68. The van der Waals surface area contributed by atoms with Crippen LogP contribution in [0.2, 0.25) is 0 Å². The first kappa shape index (κ1) is 18.7. The van der Waals surface area contributed by atoms with Crippen LogP contribution in [0.4, 0.5) is 0 Å². The molecule has 0 aromatic rings. The van der Waals surface area contributed by atoms with Gasteiger partial charge in [-0.15, -0.1) is 0 Å². The van der Waals surface area contributed by atoms with E-state index in [9.17, 15) is 26.4 Å². The van der Waals surface area contributed by atoms with E-state index in [1.54, 1.807) is 0 Å². The molecule has 0 aromatic heterocycles. The van der Waals surface area contributed by atoms with Crippen LogP contribution in [0.3, 0.4) is 0 Å². The van der Waals surface area contributed by atoms with Crippen molar-refractivity contribution in [1.82, 2.24) is 8.61 Å². The summed E-state index contributed by atoms with van der Waals surface area (Å²) in [5.41, 5.74) is 10.4. The highest BCUT2D eigenvalue weighted by molar-refractivity contribution is 7.84. The Kier molecular flexibility index (Phi) is 4.86. The summed E-state index contributed by atoms with van der Waals surface area (Å²) in [6.45, 7) is 2.89. The van der Waals surface area contributed by atoms with Crippen LogP contribution in [-0.4, -0.2) is 70.5 Å². The minimum Gasteiger partial charge on any atom is -0.318 e. The number of nitrogens with two attached hydrogens (primary N) is 2. The number of hydrogen-bond acceptors (Lipinski definition) is 8. The third-order valence-corrected chi connectivity index (χ3v) is 5.30. The highest BCUT2D eigenvalue weighted by Crippen LogP contribution is 2.21. The van der Waals surface area contributed by atoms with Gasteiger partial charge in [0.15, 0.2) is 0 Å². The summed E-state index contributed by atoms with van der Waals surface area (Å²) < 4.78 is 59.1. The molecule has 22 heavy (non-hydrogen) atoms. The Labute approximate surface area is 126 Å². The first-order chi connectivity index (χ1) is 9.71. The zero-order valence-corrected chi connectivity index (χ0v) is 13.2. The van der Waals surface area contributed by atoms with Crippen LogP contribution < -0.4 is 11.5 Å². The number of β-lactam (4-membered cyclic amide) rings is 2. The van der Waals surface area contributed by atoms with Gasteiger partial charge in [0.25, 0.3) is 11.8 Å². The molecule has 0 saturated carbocycles. The molecule has 0 aliphatic carbocycles. The molecule has 2 heterocycles. The number of nitrogens with zero attached hydrogens (tertiary/aromatic N) is 2. The van der Waals surface area contributed by atoms with Crippen LogP contribution in [0.25, 0.3) is 0 Å². The van der Waals surface area contributed by atoms with Crippen LogP contribution in [0.1, 0.15) is 13.8 Å². The van der Waals surface area contributed by atoms with Gasteiger partial charge in [0.1, 0.15) is 12.1 Å². The minimum atomic E-state index is -4.39. The van der Waals surface area contributed by atoms with Crippen molar-refractivity contribution in [3.8, 4) is 0 Å². The third-order valence-electron chi connectivity index (χ3n) is 3.28. The summed E-state index contributed by atoms with van der Waals surface area (Å²) in [6, 6.07) is -2.90. The van der Waals surface area contributed by atoms with Crippen molar-refractivity contribution in [2.75, 3.05) is 0 Å². The molecule has 0 unspecified atom stereocenters. The molecule has 2 rings (SSSR count). The van der Waals surface area contributed by atoms with E-state index in [-0.39, 0.29) is 0 Å². The summed E-state index contributed by atoms with van der Waals surface area (Å²) in [7, 11) is -8.79. The molecule has 2 aliphatic heterocycles. The molecule has 0 radical (unpaired) electrons. The van der Waals surface area contributed by atoms with E-state index in [0.717, 1.165) is 0 Å². The van der Waals surface area contributed by atoms with Gasteiger partial charge in [-0.2, -0.15) is 16.8 Å². The highest BCUT2D eigenvalue weighted by Gasteiger charge is 2.49. The number of amides is 2. The van der Waals surface area contributed by atoms with E-state index in [2.05, 4.69) is 0 Å². The lowest BCUT2D eigenvalue weighted by molar-refractivity contribution is -0.140. The number of carbonyl (C=O) groups is 2. The second-order valence-electron chi connectivity index (χ2n) is 4.76. The van der Waals surface area contributed by atoms with E-state index < -0.39 is 56.6 Å². The Balaban J connectivity index is 0.000000220. The summed E-state index contributed by atoms with van der Waals surface area (Å²) in [5.74, 6) is -1.53. The summed E-state index contributed by atoms with van der Waals surface area (Å²) in [5, 5.41) is 0. The van der Waals surface area contributed by atoms with Gasteiger partial charge in [0.05, 0.1) is 12.1 Å². The highest BCUT2D eigenvalue weighted by atomic mass is 32.2. The minimum absolute atomic E-state index is 0.359. The van der Waals surface area contributed by atoms with Crippen molar-refractivity contribution < 1.29 is 35.5 Å². The maximum atomic E-state index is 10.7. The predicted molar refractivity (Wildman–Crippen MR) is 71.7 cm³/mol. The van der Waals surface area contributed by atoms with Gasteiger partial charge in [0, 0.05) is 0 Å². The number of hydrogen-bond donors (Lipinski definition) is 4. The molecule has 4 atom stereocenters. The molecule has 2 saturated heterocycles. The zero-order chi connectivity index (χ0) is 17.6. The van der Waals surface area contributed by atoms with Crippen LogP contribution in [0.5, 0.6) is 0 Å². The first-order valence-corrected chi connectivity index (χ1v) is 8.63. The molecule has 128 valence electrons. The Hall–Kier alpha value is -1.32. The van der Waals surface area contributed by atoms with E-state index in [1.165, 1.54) is 13.8 Å². The fourth-order valence-electron chi connectivity index (χ4n) is 1.88. The maximum absolute atomic E-state index is 10.7. The number of carbonyl (C=O) groups excluding carboxylic acids is 2. The molecular formula is C8H16N4O8S2. The smallest absolute Gasteiger partial charge is 0.318 e. The monoisotopic (exact) mass is 360 g/mol. The molecule has 6 N–H and O–H groups in total. The van der Waals surface area contributed by atoms with Gasteiger partial charge >= 0.3 is 20.6 Å². The van der Waals surface area contributed by atoms with Crippen LogP contribution in [0.15, 0.2) is 0 Å². The van der Waals surface area contributed by atoms with Crippen LogP contribution >= 0.6 is 0 Å². The average molecular weight is 360 g/mol. The predicted octanol–water partition coefficient (Wildman–Crippen LogP) is -3.31. The maximum Gasteiger partial charge on any atom is 0.362 e. The van der Waals surface area contributed by atoms with Gasteiger partial charge in [-0.3, -0.25) is 18.7 Å². The number of rotatable bonds is 2. The van der Waals surface area contributed by atoms with Crippen molar-refractivity contribution in [3.63, 3.8) is 0 Å².